The summed E-state index contributed by atoms with van der Waals surface area (Å²) < 4.78 is 5.17. The van der Waals surface area contributed by atoms with Crippen LogP contribution in [0.5, 0.6) is 0 Å². The van der Waals surface area contributed by atoms with E-state index in [-0.39, 0.29) is 5.97 Å². The summed E-state index contributed by atoms with van der Waals surface area (Å²) in [4.78, 5) is 14.2. The number of allylic oxidation sites excluding steroid dienone is 1. The third-order valence-corrected chi connectivity index (χ3v) is 3.57. The van der Waals surface area contributed by atoms with Crippen molar-refractivity contribution in [2.75, 3.05) is 18.1 Å². The van der Waals surface area contributed by atoms with Gasteiger partial charge in [0.05, 0.1) is 12.2 Å². The molecule has 0 saturated heterocycles. The maximum atomic E-state index is 12.1. The molecule has 0 aliphatic carbocycles. The van der Waals surface area contributed by atoms with Crippen LogP contribution in [-0.4, -0.2) is 19.1 Å². The summed E-state index contributed by atoms with van der Waals surface area (Å²) in [5.41, 5.74) is 5.22. The quantitative estimate of drug-likeness (QED) is 0.621. The van der Waals surface area contributed by atoms with Crippen LogP contribution in [0.1, 0.15) is 25.0 Å². The van der Waals surface area contributed by atoms with Crippen LogP contribution in [0.3, 0.4) is 0 Å². The molecule has 0 atom stereocenters. The van der Waals surface area contributed by atoms with Gasteiger partial charge in [-0.1, -0.05) is 23.8 Å². The van der Waals surface area contributed by atoms with E-state index in [9.17, 15) is 4.79 Å². The number of aryl methyl sites for hydroxylation is 1. The monoisotopic (exact) mass is 271 g/mol. The average molecular weight is 271 g/mol. The predicted molar refractivity (Wildman–Crippen MR) is 81.8 cm³/mol. The molecular weight excluding hydrogens is 250 g/mol. The van der Waals surface area contributed by atoms with E-state index in [1.54, 1.807) is 0 Å². The van der Waals surface area contributed by atoms with Gasteiger partial charge in [0.25, 0.3) is 0 Å². The molecule has 1 aliphatic heterocycles. The van der Waals surface area contributed by atoms with Crippen molar-refractivity contribution in [2.45, 2.75) is 27.2 Å². The molecule has 0 unspecified atom stereocenters. The summed E-state index contributed by atoms with van der Waals surface area (Å²) in [6.07, 6.45) is 2.48. The molecule has 1 aromatic rings. The predicted octanol–water partition coefficient (Wildman–Crippen LogP) is 3.38. The second-order valence-corrected chi connectivity index (χ2v) is 4.99. The molecule has 0 aromatic heterocycles. The van der Waals surface area contributed by atoms with E-state index in [0.717, 1.165) is 17.0 Å². The van der Waals surface area contributed by atoms with Crippen LogP contribution in [0.2, 0.25) is 0 Å². The largest absolute Gasteiger partial charge is 0.463 e. The molecule has 20 heavy (non-hydrogen) atoms. The smallest absolute Gasteiger partial charge is 0.336 e. The number of benzene rings is 1. The highest BCUT2D eigenvalue weighted by atomic mass is 16.5. The molecule has 1 aliphatic rings. The molecule has 0 N–H and O–H groups in total. The Labute approximate surface area is 120 Å². The highest BCUT2D eigenvalue weighted by molar-refractivity contribution is 5.92. The number of hydrogen-bond donors (Lipinski definition) is 0. The average Bonchev–Trinajstić information content (AvgIpc) is 2.42. The lowest BCUT2D eigenvalue weighted by atomic mass is 9.94. The molecule has 3 nitrogen and oxygen atoms in total. The lowest BCUT2D eigenvalue weighted by Gasteiger charge is -2.33. The highest BCUT2D eigenvalue weighted by Gasteiger charge is 2.26. The standard InChI is InChI=1S/C17H21NO2/c1-5-9-18-13(4)15(17(19)20-6-2)11-14-10-12(3)7-8-16(14)18/h5,7-8,10H,1,6,9,11H2,2-4H3. The third kappa shape index (κ3) is 2.62. The van der Waals surface area contributed by atoms with Crippen molar-refractivity contribution in [1.82, 2.24) is 0 Å². The lowest BCUT2D eigenvalue weighted by Crippen LogP contribution is -2.30. The molecule has 3 heteroatoms. The Morgan fingerprint density at radius 1 is 1.45 bits per heavy atom. The number of esters is 1. The van der Waals surface area contributed by atoms with E-state index in [4.69, 9.17) is 4.74 Å². The van der Waals surface area contributed by atoms with E-state index < -0.39 is 0 Å². The minimum Gasteiger partial charge on any atom is -0.463 e. The molecule has 0 saturated carbocycles. The third-order valence-electron chi connectivity index (χ3n) is 3.57. The van der Waals surface area contributed by atoms with E-state index in [0.29, 0.717) is 19.6 Å². The number of anilines is 1. The van der Waals surface area contributed by atoms with E-state index >= 15 is 0 Å². The van der Waals surface area contributed by atoms with Crippen LogP contribution in [0.15, 0.2) is 42.1 Å². The van der Waals surface area contributed by atoms with Crippen molar-refractivity contribution in [3.05, 3.63) is 53.3 Å². The molecule has 0 bridgehead atoms. The van der Waals surface area contributed by atoms with Crippen LogP contribution in [0.25, 0.3) is 0 Å². The van der Waals surface area contributed by atoms with Crippen LogP contribution in [-0.2, 0) is 16.0 Å². The molecule has 0 radical (unpaired) electrons. The molecule has 106 valence electrons. The van der Waals surface area contributed by atoms with Gasteiger partial charge in [0.1, 0.15) is 0 Å². The van der Waals surface area contributed by atoms with Crippen LogP contribution < -0.4 is 4.90 Å². The molecule has 0 amide bonds. The molecule has 1 aromatic carbocycles. The maximum Gasteiger partial charge on any atom is 0.336 e. The zero-order valence-electron chi connectivity index (χ0n) is 12.4. The topological polar surface area (TPSA) is 29.5 Å². The van der Waals surface area contributed by atoms with Crippen molar-refractivity contribution >= 4 is 11.7 Å². The number of carbonyl (C=O) groups excluding carboxylic acids is 1. The SMILES string of the molecule is C=CCN1C(C)=C(C(=O)OCC)Cc2cc(C)ccc21. The lowest BCUT2D eigenvalue weighted by molar-refractivity contribution is -0.138. The van der Waals surface area contributed by atoms with Crippen molar-refractivity contribution < 1.29 is 9.53 Å². The van der Waals surface area contributed by atoms with Gasteiger partial charge < -0.3 is 9.64 Å². The minimum atomic E-state index is -0.216. The van der Waals surface area contributed by atoms with Crippen molar-refractivity contribution in [3.63, 3.8) is 0 Å². The zero-order chi connectivity index (χ0) is 14.7. The highest BCUT2D eigenvalue weighted by Crippen LogP contribution is 2.34. The van der Waals surface area contributed by atoms with E-state index in [1.807, 2.05) is 19.9 Å². The first-order valence-corrected chi connectivity index (χ1v) is 6.93. The first-order valence-electron chi connectivity index (χ1n) is 6.93. The van der Waals surface area contributed by atoms with E-state index in [1.165, 1.54) is 11.1 Å². The Balaban J connectivity index is 2.47. The van der Waals surface area contributed by atoms with Gasteiger partial charge in [0.2, 0.25) is 0 Å². The van der Waals surface area contributed by atoms with Gasteiger partial charge in [-0.05, 0) is 32.4 Å². The molecule has 0 fully saturated rings. The van der Waals surface area contributed by atoms with Gasteiger partial charge in [-0.3, -0.25) is 0 Å². The Hall–Kier alpha value is -2.03. The van der Waals surface area contributed by atoms with Gasteiger partial charge in [-0.15, -0.1) is 6.58 Å². The van der Waals surface area contributed by atoms with Gasteiger partial charge in [0.15, 0.2) is 0 Å². The zero-order valence-corrected chi connectivity index (χ0v) is 12.4. The minimum absolute atomic E-state index is 0.216. The molecule has 2 rings (SSSR count). The summed E-state index contributed by atoms with van der Waals surface area (Å²) in [6.45, 7) is 10.8. The molecule has 0 spiro atoms. The number of rotatable bonds is 4. The summed E-state index contributed by atoms with van der Waals surface area (Å²) in [5.74, 6) is -0.216. The van der Waals surface area contributed by atoms with Crippen molar-refractivity contribution in [2.24, 2.45) is 0 Å². The van der Waals surface area contributed by atoms with Gasteiger partial charge in [-0.2, -0.15) is 0 Å². The van der Waals surface area contributed by atoms with Crippen LogP contribution >= 0.6 is 0 Å². The van der Waals surface area contributed by atoms with Crippen molar-refractivity contribution in [1.29, 1.82) is 0 Å². The van der Waals surface area contributed by atoms with Crippen LogP contribution in [0, 0.1) is 6.92 Å². The molecular formula is C17H21NO2. The van der Waals surface area contributed by atoms with Gasteiger partial charge in [0, 0.05) is 24.4 Å². The summed E-state index contributed by atoms with van der Waals surface area (Å²) in [5, 5.41) is 0. The maximum absolute atomic E-state index is 12.1. The molecule has 1 heterocycles. The second kappa shape index (κ2) is 5.95. The Bertz CT molecular complexity index is 572. The number of fused-ring (bicyclic) bond motifs is 1. The van der Waals surface area contributed by atoms with Crippen molar-refractivity contribution in [3.8, 4) is 0 Å². The first-order chi connectivity index (χ1) is 9.58. The Morgan fingerprint density at radius 2 is 2.20 bits per heavy atom. The number of carbonyl (C=O) groups is 1. The van der Waals surface area contributed by atoms with Gasteiger partial charge >= 0.3 is 5.97 Å². The number of nitrogens with zero attached hydrogens (tertiary/aromatic N) is 1. The van der Waals surface area contributed by atoms with E-state index in [2.05, 4.69) is 36.6 Å². The first kappa shape index (κ1) is 14.4. The Morgan fingerprint density at radius 3 is 2.85 bits per heavy atom. The second-order valence-electron chi connectivity index (χ2n) is 4.99. The summed E-state index contributed by atoms with van der Waals surface area (Å²) >= 11 is 0. The number of hydrogen-bond acceptors (Lipinski definition) is 3. The fourth-order valence-corrected chi connectivity index (χ4v) is 2.58. The summed E-state index contributed by atoms with van der Waals surface area (Å²) in [7, 11) is 0. The fourth-order valence-electron chi connectivity index (χ4n) is 2.58. The normalized spacial score (nSPS) is 14.1. The summed E-state index contributed by atoms with van der Waals surface area (Å²) in [6, 6.07) is 6.34. The fraction of sp³-hybridized carbons (Fsp3) is 0.353. The van der Waals surface area contributed by atoms with Gasteiger partial charge in [-0.25, -0.2) is 4.79 Å². The number of ether oxygens (including phenoxy) is 1. The van der Waals surface area contributed by atoms with Crippen LogP contribution in [0.4, 0.5) is 5.69 Å². The Kier molecular flexibility index (Phi) is 4.28.